The summed E-state index contributed by atoms with van der Waals surface area (Å²) in [5, 5.41) is 0.576. The molecule has 80 valence electrons. The van der Waals surface area contributed by atoms with Crippen molar-refractivity contribution < 1.29 is 0 Å². The third kappa shape index (κ3) is 1.57. The molecule has 0 amide bonds. The molecule has 0 radical (unpaired) electrons. The van der Waals surface area contributed by atoms with E-state index in [-0.39, 0.29) is 11.2 Å². The van der Waals surface area contributed by atoms with Crippen molar-refractivity contribution >= 4 is 22.6 Å². The van der Waals surface area contributed by atoms with Crippen LogP contribution in [0.25, 0.3) is 11.0 Å². The van der Waals surface area contributed by atoms with Gasteiger partial charge < -0.3 is 4.98 Å². The van der Waals surface area contributed by atoms with Gasteiger partial charge in [0, 0.05) is 5.54 Å². The molecule has 0 spiro atoms. The van der Waals surface area contributed by atoms with Gasteiger partial charge >= 0.3 is 5.69 Å². The zero-order chi connectivity index (χ0) is 11.2. The number of aromatic nitrogens is 2. The van der Waals surface area contributed by atoms with E-state index in [0.717, 1.165) is 5.52 Å². The SMILES string of the molecule is CC(C)(C)n1c(=O)[nH]c2c(Cl)cccc21. The summed E-state index contributed by atoms with van der Waals surface area (Å²) in [6, 6.07) is 5.51. The second-order valence-electron chi connectivity index (χ2n) is 4.57. The van der Waals surface area contributed by atoms with Gasteiger partial charge in [-0.3, -0.25) is 4.57 Å². The van der Waals surface area contributed by atoms with Gasteiger partial charge in [0.15, 0.2) is 0 Å². The minimum atomic E-state index is -0.250. The highest BCUT2D eigenvalue weighted by Crippen LogP contribution is 2.24. The molecule has 0 unspecified atom stereocenters. The highest BCUT2D eigenvalue weighted by molar-refractivity contribution is 6.34. The zero-order valence-corrected chi connectivity index (χ0v) is 9.72. The Morgan fingerprint density at radius 3 is 2.60 bits per heavy atom. The molecular formula is C11H13ClN2O. The summed E-state index contributed by atoms with van der Waals surface area (Å²) in [4.78, 5) is 14.6. The molecule has 0 atom stereocenters. The van der Waals surface area contributed by atoms with E-state index in [4.69, 9.17) is 11.6 Å². The van der Waals surface area contributed by atoms with E-state index in [1.54, 1.807) is 10.6 Å². The number of nitrogens with one attached hydrogen (secondary N) is 1. The average molecular weight is 225 g/mol. The Kier molecular flexibility index (Phi) is 2.15. The van der Waals surface area contributed by atoms with Crippen molar-refractivity contribution in [1.29, 1.82) is 0 Å². The first-order valence-corrected chi connectivity index (χ1v) is 5.19. The van der Waals surface area contributed by atoms with Crippen LogP contribution < -0.4 is 5.69 Å². The number of benzene rings is 1. The summed E-state index contributed by atoms with van der Waals surface area (Å²) in [6.07, 6.45) is 0. The topological polar surface area (TPSA) is 37.8 Å². The quantitative estimate of drug-likeness (QED) is 0.734. The third-order valence-electron chi connectivity index (χ3n) is 2.34. The highest BCUT2D eigenvalue weighted by atomic mass is 35.5. The fourth-order valence-electron chi connectivity index (χ4n) is 1.76. The Labute approximate surface area is 92.7 Å². The first kappa shape index (κ1) is 10.3. The first-order valence-electron chi connectivity index (χ1n) is 4.81. The van der Waals surface area contributed by atoms with Crippen molar-refractivity contribution in [3.63, 3.8) is 0 Å². The molecule has 15 heavy (non-hydrogen) atoms. The Morgan fingerprint density at radius 1 is 1.33 bits per heavy atom. The van der Waals surface area contributed by atoms with E-state index in [0.29, 0.717) is 10.5 Å². The lowest BCUT2D eigenvalue weighted by molar-refractivity contribution is 0.397. The molecule has 0 bridgehead atoms. The molecule has 0 saturated heterocycles. The fraction of sp³-hybridized carbons (Fsp3) is 0.364. The summed E-state index contributed by atoms with van der Waals surface area (Å²) >= 11 is 6.01. The van der Waals surface area contributed by atoms with Gasteiger partial charge in [-0.2, -0.15) is 0 Å². The van der Waals surface area contributed by atoms with Crippen molar-refractivity contribution in [2.45, 2.75) is 26.3 Å². The predicted octanol–water partition coefficient (Wildman–Crippen LogP) is 2.74. The normalized spacial score (nSPS) is 12.3. The molecule has 2 rings (SSSR count). The molecule has 1 aromatic carbocycles. The summed E-state index contributed by atoms with van der Waals surface area (Å²) < 4.78 is 1.72. The molecule has 0 aliphatic heterocycles. The second kappa shape index (κ2) is 3.14. The van der Waals surface area contributed by atoms with Crippen molar-refractivity contribution in [2.24, 2.45) is 0 Å². The maximum atomic E-state index is 11.8. The number of H-pyrrole nitrogens is 1. The number of hydrogen-bond donors (Lipinski definition) is 1. The van der Waals surface area contributed by atoms with Crippen LogP contribution in [-0.2, 0) is 5.54 Å². The highest BCUT2D eigenvalue weighted by Gasteiger charge is 2.19. The molecule has 1 aromatic heterocycles. The monoisotopic (exact) mass is 224 g/mol. The van der Waals surface area contributed by atoms with E-state index in [1.165, 1.54) is 0 Å². The number of para-hydroxylation sites is 1. The van der Waals surface area contributed by atoms with E-state index in [1.807, 2.05) is 32.9 Å². The Balaban J connectivity index is 2.92. The molecule has 0 aliphatic rings. The summed E-state index contributed by atoms with van der Waals surface area (Å²) in [7, 11) is 0. The van der Waals surface area contributed by atoms with Crippen LogP contribution in [0.2, 0.25) is 5.02 Å². The standard InChI is InChI=1S/C11H13ClN2O/c1-11(2,3)14-8-6-4-5-7(12)9(8)13-10(14)15/h4-6H,1-3H3,(H,13,15). The van der Waals surface area contributed by atoms with E-state index in [9.17, 15) is 4.79 Å². The predicted molar refractivity (Wildman–Crippen MR) is 62.6 cm³/mol. The Morgan fingerprint density at radius 2 is 2.00 bits per heavy atom. The van der Waals surface area contributed by atoms with Gasteiger partial charge in [-0.05, 0) is 32.9 Å². The number of nitrogens with zero attached hydrogens (tertiary/aromatic N) is 1. The van der Waals surface area contributed by atoms with Crippen LogP contribution in [0.1, 0.15) is 20.8 Å². The minimum absolute atomic E-state index is 0.120. The van der Waals surface area contributed by atoms with Crippen molar-refractivity contribution in [3.05, 3.63) is 33.7 Å². The molecule has 2 aromatic rings. The smallest absolute Gasteiger partial charge is 0.304 e. The van der Waals surface area contributed by atoms with Gasteiger partial charge in [0.1, 0.15) is 0 Å². The second-order valence-corrected chi connectivity index (χ2v) is 4.98. The zero-order valence-electron chi connectivity index (χ0n) is 8.97. The lowest BCUT2D eigenvalue weighted by atomic mass is 10.1. The average Bonchev–Trinajstić information content (AvgIpc) is 2.41. The maximum Gasteiger partial charge on any atom is 0.326 e. The van der Waals surface area contributed by atoms with Gasteiger partial charge in [0.25, 0.3) is 0 Å². The van der Waals surface area contributed by atoms with Crippen molar-refractivity contribution in [2.75, 3.05) is 0 Å². The molecule has 3 nitrogen and oxygen atoms in total. The summed E-state index contributed by atoms with van der Waals surface area (Å²) in [5.74, 6) is 0. The van der Waals surface area contributed by atoms with E-state index in [2.05, 4.69) is 4.98 Å². The van der Waals surface area contributed by atoms with Crippen LogP contribution in [0.4, 0.5) is 0 Å². The molecule has 0 saturated carbocycles. The van der Waals surface area contributed by atoms with Crippen LogP contribution in [0.5, 0.6) is 0 Å². The first-order chi connectivity index (χ1) is 6.91. The van der Waals surface area contributed by atoms with Crippen LogP contribution >= 0.6 is 11.6 Å². The fourth-order valence-corrected chi connectivity index (χ4v) is 1.98. The number of halogens is 1. The number of imidazole rings is 1. The van der Waals surface area contributed by atoms with Crippen LogP contribution in [0, 0.1) is 0 Å². The lowest BCUT2D eigenvalue weighted by Gasteiger charge is -2.20. The van der Waals surface area contributed by atoms with Crippen LogP contribution in [-0.4, -0.2) is 9.55 Å². The summed E-state index contributed by atoms with van der Waals surface area (Å²) in [5.41, 5.74) is 1.18. The van der Waals surface area contributed by atoms with Crippen LogP contribution in [0.15, 0.2) is 23.0 Å². The number of hydrogen-bond acceptors (Lipinski definition) is 1. The van der Waals surface area contributed by atoms with Crippen LogP contribution in [0.3, 0.4) is 0 Å². The van der Waals surface area contributed by atoms with Gasteiger partial charge in [0.05, 0.1) is 16.1 Å². The third-order valence-corrected chi connectivity index (χ3v) is 2.65. The minimum Gasteiger partial charge on any atom is -0.304 e. The Hall–Kier alpha value is -1.22. The van der Waals surface area contributed by atoms with E-state index < -0.39 is 0 Å². The van der Waals surface area contributed by atoms with Gasteiger partial charge in [-0.1, -0.05) is 17.7 Å². The van der Waals surface area contributed by atoms with Crippen molar-refractivity contribution in [1.82, 2.24) is 9.55 Å². The largest absolute Gasteiger partial charge is 0.326 e. The molecule has 0 aliphatic carbocycles. The number of aromatic amines is 1. The van der Waals surface area contributed by atoms with Gasteiger partial charge in [-0.15, -0.1) is 0 Å². The molecule has 0 fully saturated rings. The Bertz CT molecular complexity index is 560. The molecular weight excluding hydrogens is 212 g/mol. The van der Waals surface area contributed by atoms with Crippen molar-refractivity contribution in [3.8, 4) is 0 Å². The molecule has 4 heteroatoms. The number of rotatable bonds is 0. The maximum absolute atomic E-state index is 11.8. The lowest BCUT2D eigenvalue weighted by Crippen LogP contribution is -2.31. The van der Waals surface area contributed by atoms with Gasteiger partial charge in [-0.25, -0.2) is 4.79 Å². The summed E-state index contributed by atoms with van der Waals surface area (Å²) in [6.45, 7) is 5.97. The van der Waals surface area contributed by atoms with E-state index >= 15 is 0 Å². The number of fused-ring (bicyclic) bond motifs is 1. The molecule has 1 heterocycles. The van der Waals surface area contributed by atoms with Gasteiger partial charge in [0.2, 0.25) is 0 Å². The molecule has 1 N–H and O–H groups in total.